The van der Waals surface area contributed by atoms with Crippen molar-refractivity contribution >= 4 is 44.3 Å². The van der Waals surface area contributed by atoms with Crippen LogP contribution in [0.25, 0.3) is 0 Å². The minimum atomic E-state index is -3.67. The summed E-state index contributed by atoms with van der Waals surface area (Å²) < 4.78 is 27.9. The molecule has 0 saturated heterocycles. The van der Waals surface area contributed by atoms with Crippen LogP contribution < -0.4 is 4.72 Å². The van der Waals surface area contributed by atoms with E-state index in [0.717, 1.165) is 3.57 Å². The summed E-state index contributed by atoms with van der Waals surface area (Å²) in [6, 6.07) is 12.7. The summed E-state index contributed by atoms with van der Waals surface area (Å²) in [5, 5.41) is 8.68. The molecule has 21 heavy (non-hydrogen) atoms. The van der Waals surface area contributed by atoms with Gasteiger partial charge in [-0.05, 0) is 64.6 Å². The van der Waals surface area contributed by atoms with Gasteiger partial charge in [-0.15, -0.1) is 0 Å². The third kappa shape index (κ3) is 4.43. The number of benzene rings is 2. The molecule has 0 radical (unpaired) electrons. The van der Waals surface area contributed by atoms with E-state index in [1.165, 1.54) is 24.3 Å². The van der Waals surface area contributed by atoms with Gasteiger partial charge < -0.3 is 5.11 Å². The highest BCUT2D eigenvalue weighted by Crippen LogP contribution is 2.18. The first kappa shape index (κ1) is 15.8. The van der Waals surface area contributed by atoms with Crippen molar-refractivity contribution in [2.24, 2.45) is 0 Å². The van der Waals surface area contributed by atoms with Crippen molar-refractivity contribution in [3.8, 4) is 0 Å². The van der Waals surface area contributed by atoms with Gasteiger partial charge >= 0.3 is 5.97 Å². The van der Waals surface area contributed by atoms with E-state index in [1.54, 1.807) is 24.3 Å². The van der Waals surface area contributed by atoms with Gasteiger partial charge in [0.05, 0.1) is 11.3 Å². The number of hydrogen-bond donors (Lipinski definition) is 2. The molecule has 0 spiro atoms. The van der Waals surface area contributed by atoms with Crippen molar-refractivity contribution in [1.29, 1.82) is 0 Å². The Hall–Kier alpha value is -1.61. The molecule has 110 valence electrons. The van der Waals surface area contributed by atoms with Gasteiger partial charge in [-0.3, -0.25) is 9.52 Å². The Bertz CT molecular complexity index is 740. The maximum absolute atomic E-state index is 12.2. The lowest BCUT2D eigenvalue weighted by molar-refractivity contribution is -0.136. The van der Waals surface area contributed by atoms with Gasteiger partial charge in [0.15, 0.2) is 0 Å². The first-order valence-electron chi connectivity index (χ1n) is 5.96. The Kier molecular flexibility index (Phi) is 4.84. The van der Waals surface area contributed by atoms with E-state index in [1.807, 2.05) is 0 Å². The molecule has 0 atom stereocenters. The van der Waals surface area contributed by atoms with Gasteiger partial charge in [0.2, 0.25) is 0 Å². The Morgan fingerprint density at radius 3 is 2.14 bits per heavy atom. The molecule has 0 saturated carbocycles. The number of aliphatic carboxylic acids is 1. The first-order chi connectivity index (χ1) is 9.87. The summed E-state index contributed by atoms with van der Waals surface area (Å²) in [7, 11) is -3.67. The second-order valence-corrected chi connectivity index (χ2v) is 7.25. The molecule has 0 aromatic heterocycles. The van der Waals surface area contributed by atoms with Crippen LogP contribution >= 0.6 is 22.6 Å². The van der Waals surface area contributed by atoms with E-state index in [-0.39, 0.29) is 11.3 Å². The van der Waals surface area contributed by atoms with E-state index in [9.17, 15) is 13.2 Å². The quantitative estimate of drug-likeness (QED) is 0.733. The fourth-order valence-corrected chi connectivity index (χ4v) is 3.11. The average Bonchev–Trinajstić information content (AvgIpc) is 2.41. The second kappa shape index (κ2) is 6.44. The molecule has 2 rings (SSSR count). The van der Waals surface area contributed by atoms with Crippen LogP contribution in [0.1, 0.15) is 5.56 Å². The van der Waals surface area contributed by atoms with Crippen molar-refractivity contribution in [2.75, 3.05) is 4.72 Å². The molecule has 0 aliphatic heterocycles. The summed E-state index contributed by atoms with van der Waals surface area (Å²) in [4.78, 5) is 10.7. The lowest BCUT2D eigenvalue weighted by atomic mass is 10.2. The molecule has 7 heteroatoms. The fourth-order valence-electron chi connectivity index (χ4n) is 1.69. The topological polar surface area (TPSA) is 83.5 Å². The zero-order chi connectivity index (χ0) is 15.5. The number of carboxylic acids is 1. The Morgan fingerprint density at radius 2 is 1.62 bits per heavy atom. The van der Waals surface area contributed by atoms with E-state index in [2.05, 4.69) is 27.3 Å². The van der Waals surface area contributed by atoms with Crippen LogP contribution in [-0.2, 0) is 21.2 Å². The van der Waals surface area contributed by atoms with Crippen molar-refractivity contribution in [3.63, 3.8) is 0 Å². The third-order valence-corrected chi connectivity index (χ3v) is 4.80. The molecule has 0 fully saturated rings. The van der Waals surface area contributed by atoms with Gasteiger partial charge in [-0.1, -0.05) is 12.1 Å². The molecule has 0 heterocycles. The van der Waals surface area contributed by atoms with E-state index in [4.69, 9.17) is 5.11 Å². The van der Waals surface area contributed by atoms with E-state index in [0.29, 0.717) is 11.3 Å². The maximum Gasteiger partial charge on any atom is 0.307 e. The molecule has 2 aromatic carbocycles. The predicted octanol–water partition coefficient (Wildman–Crippen LogP) is 2.72. The molecule has 0 aliphatic carbocycles. The van der Waals surface area contributed by atoms with E-state index < -0.39 is 16.0 Å². The minimum Gasteiger partial charge on any atom is -0.481 e. The summed E-state index contributed by atoms with van der Waals surface area (Å²) in [6.07, 6.45) is -0.134. The highest BCUT2D eigenvalue weighted by atomic mass is 127. The molecule has 2 aromatic rings. The second-order valence-electron chi connectivity index (χ2n) is 4.33. The Balaban J connectivity index is 2.19. The molecule has 2 N–H and O–H groups in total. The molecule has 5 nitrogen and oxygen atoms in total. The van der Waals surface area contributed by atoms with Crippen LogP contribution in [0.5, 0.6) is 0 Å². The summed E-state index contributed by atoms with van der Waals surface area (Å²) >= 11 is 2.13. The average molecular weight is 417 g/mol. The zero-order valence-electron chi connectivity index (χ0n) is 10.8. The van der Waals surface area contributed by atoms with Crippen LogP contribution in [0.4, 0.5) is 5.69 Å². The number of carboxylic acid groups (broad SMARTS) is 1. The highest BCUT2D eigenvalue weighted by molar-refractivity contribution is 14.1. The Labute approximate surface area is 136 Å². The van der Waals surface area contributed by atoms with Crippen molar-refractivity contribution in [2.45, 2.75) is 11.3 Å². The Morgan fingerprint density at radius 1 is 1.05 bits per heavy atom. The van der Waals surface area contributed by atoms with Gasteiger partial charge in [0.25, 0.3) is 10.0 Å². The number of carbonyl (C=O) groups is 1. The number of nitrogens with one attached hydrogen (secondary N) is 1. The standard InChI is InChI=1S/C14H12INO4S/c15-11-3-5-12(6-4-11)16-21(19,20)13-7-1-10(2-8-13)9-14(17)18/h1-8,16H,9H2,(H,17,18). The van der Waals surface area contributed by atoms with Crippen LogP contribution in [0.15, 0.2) is 53.4 Å². The van der Waals surface area contributed by atoms with Crippen molar-refractivity contribution in [1.82, 2.24) is 0 Å². The number of anilines is 1. The molecule has 0 unspecified atom stereocenters. The largest absolute Gasteiger partial charge is 0.481 e. The summed E-state index contributed by atoms with van der Waals surface area (Å²) in [5.41, 5.74) is 1.03. The predicted molar refractivity (Wildman–Crippen MR) is 87.7 cm³/mol. The van der Waals surface area contributed by atoms with Gasteiger partial charge in [0, 0.05) is 9.26 Å². The number of halogens is 1. The zero-order valence-corrected chi connectivity index (χ0v) is 13.8. The normalized spacial score (nSPS) is 11.1. The SMILES string of the molecule is O=C(O)Cc1ccc(S(=O)(=O)Nc2ccc(I)cc2)cc1. The summed E-state index contributed by atoms with van der Waals surface area (Å²) in [6.45, 7) is 0. The molecular weight excluding hydrogens is 405 g/mol. The van der Waals surface area contributed by atoms with Gasteiger partial charge in [0.1, 0.15) is 0 Å². The fraction of sp³-hybridized carbons (Fsp3) is 0.0714. The monoisotopic (exact) mass is 417 g/mol. The number of sulfonamides is 1. The maximum atomic E-state index is 12.2. The minimum absolute atomic E-state index is 0.0928. The van der Waals surface area contributed by atoms with Crippen LogP contribution in [0.3, 0.4) is 0 Å². The van der Waals surface area contributed by atoms with Crippen LogP contribution in [0.2, 0.25) is 0 Å². The molecular formula is C14H12INO4S. The van der Waals surface area contributed by atoms with E-state index >= 15 is 0 Å². The lowest BCUT2D eigenvalue weighted by Gasteiger charge is -2.08. The highest BCUT2D eigenvalue weighted by Gasteiger charge is 2.14. The van der Waals surface area contributed by atoms with Gasteiger partial charge in [-0.25, -0.2) is 8.42 Å². The number of hydrogen-bond acceptors (Lipinski definition) is 3. The van der Waals surface area contributed by atoms with Crippen LogP contribution in [-0.4, -0.2) is 19.5 Å². The van der Waals surface area contributed by atoms with Crippen LogP contribution in [0, 0.1) is 3.57 Å². The number of rotatable bonds is 5. The smallest absolute Gasteiger partial charge is 0.307 e. The lowest BCUT2D eigenvalue weighted by Crippen LogP contribution is -2.13. The first-order valence-corrected chi connectivity index (χ1v) is 8.52. The van der Waals surface area contributed by atoms with Gasteiger partial charge in [-0.2, -0.15) is 0 Å². The summed E-state index contributed by atoms with van der Waals surface area (Å²) in [5.74, 6) is -0.956. The molecule has 0 bridgehead atoms. The molecule has 0 amide bonds. The third-order valence-electron chi connectivity index (χ3n) is 2.69. The van der Waals surface area contributed by atoms with Crippen molar-refractivity contribution in [3.05, 3.63) is 57.7 Å². The molecule has 0 aliphatic rings. The van der Waals surface area contributed by atoms with Crippen molar-refractivity contribution < 1.29 is 18.3 Å².